The number of fused-ring (bicyclic) bond motifs is 2. The second-order valence-electron chi connectivity index (χ2n) is 17.0. The van der Waals surface area contributed by atoms with Crippen LogP contribution in [0.2, 0.25) is 0 Å². The monoisotopic (exact) mass is 809 g/mol. The molecule has 59 heavy (non-hydrogen) atoms. The predicted molar refractivity (Wildman–Crippen MR) is 235 cm³/mol. The maximum Gasteiger partial charge on any atom is 0.309 e. The molecule has 0 amide bonds. The van der Waals surface area contributed by atoms with Gasteiger partial charge in [-0.3, -0.25) is 19.4 Å². The maximum absolute atomic E-state index is 11.9. The minimum Gasteiger partial charge on any atom is -0.508 e. The number of benzene rings is 4. The lowest BCUT2D eigenvalue weighted by molar-refractivity contribution is -0.150. The Morgan fingerprint density at radius 1 is 0.559 bits per heavy atom. The Balaban J connectivity index is 0.000000173. The SMILES string of the molecule is CCOC(=O)C1CCN(Cc2ccc3cc(O)ccc3c2)CC1.CCOC(=O)C1CCN(Cc2ccc3cc(OC4CCCCC4)ccc3c2)CC1.OC1CCCCC1. The molecule has 9 heteroatoms. The molecule has 9 nitrogen and oxygen atoms in total. The molecular weight excluding hydrogens is 741 g/mol. The van der Waals surface area contributed by atoms with Crippen LogP contribution in [0.5, 0.6) is 11.5 Å². The summed E-state index contributed by atoms with van der Waals surface area (Å²) in [6, 6.07) is 25.0. The summed E-state index contributed by atoms with van der Waals surface area (Å²) in [4.78, 5) is 28.5. The molecule has 0 unspecified atom stereocenters. The molecule has 2 aliphatic heterocycles. The molecule has 4 fully saturated rings. The number of piperidine rings is 2. The van der Waals surface area contributed by atoms with Crippen molar-refractivity contribution in [2.75, 3.05) is 39.4 Å². The summed E-state index contributed by atoms with van der Waals surface area (Å²) >= 11 is 0. The van der Waals surface area contributed by atoms with E-state index in [2.05, 4.69) is 64.4 Å². The summed E-state index contributed by atoms with van der Waals surface area (Å²) < 4.78 is 16.5. The molecule has 0 aromatic heterocycles. The smallest absolute Gasteiger partial charge is 0.309 e. The van der Waals surface area contributed by atoms with Crippen LogP contribution in [0.1, 0.15) is 115 Å². The number of likely N-dealkylation sites (tertiary alicyclic amines) is 2. The van der Waals surface area contributed by atoms with E-state index >= 15 is 0 Å². The quantitative estimate of drug-likeness (QED) is 0.151. The average Bonchev–Trinajstić information content (AvgIpc) is 3.25. The highest BCUT2D eigenvalue weighted by atomic mass is 16.5. The molecule has 2 aliphatic carbocycles. The Hall–Kier alpha value is -4.18. The van der Waals surface area contributed by atoms with Crippen LogP contribution in [0, 0.1) is 11.8 Å². The van der Waals surface area contributed by atoms with Gasteiger partial charge in [-0.25, -0.2) is 0 Å². The van der Waals surface area contributed by atoms with Crippen LogP contribution in [0.15, 0.2) is 72.8 Å². The standard InChI is InChI=1S/C25H33NO3.C19H23NO3.C6H12O/c1-2-28-25(27)20-12-14-26(15-13-20)18-19-8-9-22-17-24(11-10-21(22)16-19)29-23-6-4-3-5-7-23;1-2-23-19(22)15-7-9-20(10-8-15)13-14-3-4-17-12-18(21)6-5-16(17)11-14;7-6-4-2-1-3-5-6/h8-11,16-17,20,23H,2-7,12-15,18H2,1H3;3-6,11-12,15,21H,2,7-10,13H2,1H3;6-7H,1-5H2. The predicted octanol–water partition coefficient (Wildman–Crippen LogP) is 9.96. The van der Waals surface area contributed by atoms with Crippen LogP contribution in [-0.4, -0.2) is 83.6 Å². The number of esters is 2. The molecule has 2 N–H and O–H groups in total. The van der Waals surface area contributed by atoms with Crippen molar-refractivity contribution < 1.29 is 34.0 Å². The third-order valence-corrected chi connectivity index (χ3v) is 12.4. The van der Waals surface area contributed by atoms with E-state index in [4.69, 9.17) is 19.3 Å². The number of rotatable bonds is 10. The Morgan fingerprint density at radius 3 is 1.47 bits per heavy atom. The lowest BCUT2D eigenvalue weighted by Crippen LogP contribution is -2.36. The molecule has 0 radical (unpaired) electrons. The van der Waals surface area contributed by atoms with Gasteiger partial charge >= 0.3 is 11.9 Å². The molecule has 0 bridgehead atoms. The normalized spacial score (nSPS) is 19.0. The number of aliphatic hydroxyl groups excluding tert-OH is 1. The van der Waals surface area contributed by atoms with E-state index in [1.54, 1.807) is 12.1 Å². The Morgan fingerprint density at radius 2 is 1.00 bits per heavy atom. The minimum atomic E-state index is -0.0438. The third kappa shape index (κ3) is 13.9. The van der Waals surface area contributed by atoms with Crippen molar-refractivity contribution in [3.05, 3.63) is 83.9 Å². The molecule has 4 aliphatic rings. The van der Waals surface area contributed by atoms with Gasteiger partial charge in [0, 0.05) is 13.1 Å². The van der Waals surface area contributed by atoms with Crippen LogP contribution in [0.4, 0.5) is 0 Å². The fourth-order valence-electron chi connectivity index (χ4n) is 8.97. The van der Waals surface area contributed by atoms with E-state index < -0.39 is 0 Å². The molecular formula is C50H68N2O7. The fraction of sp³-hybridized carbons (Fsp3) is 0.560. The largest absolute Gasteiger partial charge is 0.508 e. The van der Waals surface area contributed by atoms with Crippen LogP contribution in [0.3, 0.4) is 0 Å². The van der Waals surface area contributed by atoms with Gasteiger partial charge in [-0.2, -0.15) is 0 Å². The van der Waals surface area contributed by atoms with Gasteiger partial charge in [0.25, 0.3) is 0 Å². The summed E-state index contributed by atoms with van der Waals surface area (Å²) in [6.45, 7) is 10.3. The molecule has 8 rings (SSSR count). The molecule has 2 saturated heterocycles. The van der Waals surface area contributed by atoms with Crippen molar-refractivity contribution in [3.63, 3.8) is 0 Å². The third-order valence-electron chi connectivity index (χ3n) is 12.4. The molecule has 0 atom stereocenters. The lowest BCUT2D eigenvalue weighted by Gasteiger charge is -2.30. The molecule has 0 spiro atoms. The van der Waals surface area contributed by atoms with Crippen LogP contribution in [-0.2, 0) is 32.2 Å². The van der Waals surface area contributed by atoms with Crippen molar-refractivity contribution in [2.45, 2.75) is 129 Å². The first-order valence-corrected chi connectivity index (χ1v) is 22.6. The maximum atomic E-state index is 11.9. The summed E-state index contributed by atoms with van der Waals surface area (Å²) in [6.07, 6.45) is 16.2. The first-order valence-electron chi connectivity index (χ1n) is 22.6. The number of aliphatic hydroxyl groups is 1. The minimum absolute atomic E-state index is 0.0240. The zero-order valence-electron chi connectivity index (χ0n) is 35.6. The van der Waals surface area contributed by atoms with Crippen LogP contribution >= 0.6 is 0 Å². The van der Waals surface area contributed by atoms with E-state index in [9.17, 15) is 14.7 Å². The highest BCUT2D eigenvalue weighted by Crippen LogP contribution is 2.29. The highest BCUT2D eigenvalue weighted by molar-refractivity contribution is 5.85. The number of carbonyl (C=O) groups excluding carboxylic acids is 2. The summed E-state index contributed by atoms with van der Waals surface area (Å²) in [7, 11) is 0. The molecule has 320 valence electrons. The van der Waals surface area contributed by atoms with Gasteiger partial charge in [-0.1, -0.05) is 62.1 Å². The molecule has 2 heterocycles. The molecule has 2 saturated carbocycles. The second kappa shape index (κ2) is 23.0. The number of hydrogen-bond acceptors (Lipinski definition) is 9. The van der Waals surface area contributed by atoms with E-state index in [0.717, 1.165) is 94.3 Å². The number of hydrogen-bond donors (Lipinski definition) is 2. The number of ether oxygens (including phenoxy) is 3. The van der Waals surface area contributed by atoms with Crippen molar-refractivity contribution in [1.82, 2.24) is 9.80 Å². The second-order valence-corrected chi connectivity index (χ2v) is 17.0. The number of carbonyl (C=O) groups is 2. The Kier molecular flexibility index (Phi) is 17.3. The van der Waals surface area contributed by atoms with E-state index in [1.165, 1.54) is 73.3 Å². The van der Waals surface area contributed by atoms with E-state index in [0.29, 0.717) is 25.1 Å². The molecule has 4 aromatic carbocycles. The highest BCUT2D eigenvalue weighted by Gasteiger charge is 2.27. The van der Waals surface area contributed by atoms with Gasteiger partial charge in [0.1, 0.15) is 11.5 Å². The number of aromatic hydroxyl groups is 1. The summed E-state index contributed by atoms with van der Waals surface area (Å²) in [5.41, 5.74) is 2.59. The lowest BCUT2D eigenvalue weighted by atomic mass is 9.96. The Bertz CT molecular complexity index is 1900. The van der Waals surface area contributed by atoms with Gasteiger partial charge in [0.15, 0.2) is 0 Å². The summed E-state index contributed by atoms with van der Waals surface area (Å²) in [5, 5.41) is 23.1. The van der Waals surface area contributed by atoms with E-state index in [-0.39, 0.29) is 29.9 Å². The first-order chi connectivity index (χ1) is 28.8. The first kappa shape index (κ1) is 44.4. The molecule has 4 aromatic rings. The number of phenolic OH excluding ortho intramolecular Hbond substituents is 1. The van der Waals surface area contributed by atoms with Crippen LogP contribution in [0.25, 0.3) is 21.5 Å². The van der Waals surface area contributed by atoms with Gasteiger partial charge in [0.05, 0.1) is 37.3 Å². The topological polar surface area (TPSA) is 109 Å². The zero-order valence-corrected chi connectivity index (χ0v) is 35.6. The Labute approximate surface area is 352 Å². The van der Waals surface area contributed by atoms with E-state index in [1.807, 2.05) is 19.9 Å². The van der Waals surface area contributed by atoms with Gasteiger partial charge in [-0.15, -0.1) is 0 Å². The zero-order chi connectivity index (χ0) is 41.4. The fourth-order valence-corrected chi connectivity index (χ4v) is 8.97. The van der Waals surface area contributed by atoms with Crippen molar-refractivity contribution >= 4 is 33.5 Å². The van der Waals surface area contributed by atoms with Crippen LogP contribution < -0.4 is 4.74 Å². The van der Waals surface area contributed by atoms with Gasteiger partial charge < -0.3 is 24.4 Å². The van der Waals surface area contributed by atoms with Crippen molar-refractivity contribution in [3.8, 4) is 11.5 Å². The average molecular weight is 809 g/mol. The number of nitrogens with zero attached hydrogens (tertiary/aromatic N) is 2. The van der Waals surface area contributed by atoms with Crippen molar-refractivity contribution in [1.29, 1.82) is 0 Å². The van der Waals surface area contributed by atoms with Gasteiger partial charge in [0.2, 0.25) is 0 Å². The van der Waals surface area contributed by atoms with Crippen molar-refractivity contribution in [2.24, 2.45) is 11.8 Å². The van der Waals surface area contributed by atoms with Gasteiger partial charge in [-0.05, 0) is 173 Å². The summed E-state index contributed by atoms with van der Waals surface area (Å²) in [5.74, 6) is 1.36. The number of phenols is 1.